The Morgan fingerprint density at radius 1 is 1.06 bits per heavy atom. The fraction of sp³-hybridized carbons (Fsp3) is 0.176. The molecule has 0 atom stereocenters. The van der Waals surface area contributed by atoms with Crippen LogP contribution in [0.3, 0.4) is 0 Å². The summed E-state index contributed by atoms with van der Waals surface area (Å²) >= 11 is 0. The molecular weight excluding hydrogens is 220 g/mol. The third kappa shape index (κ3) is 1.92. The van der Waals surface area contributed by atoms with E-state index in [9.17, 15) is 5.11 Å². The molecule has 18 heavy (non-hydrogen) atoms. The normalized spacial score (nSPS) is 13.4. The number of hydrogen-bond donors (Lipinski definition) is 1. The first-order valence-corrected chi connectivity index (χ1v) is 6.33. The molecule has 2 aromatic carbocycles. The molecule has 0 aliphatic heterocycles. The van der Waals surface area contributed by atoms with Gasteiger partial charge in [0.15, 0.2) is 0 Å². The molecular formula is C17H16O. The first-order valence-electron chi connectivity index (χ1n) is 6.33. The summed E-state index contributed by atoms with van der Waals surface area (Å²) in [5.41, 5.74) is 5.72. The molecule has 0 amide bonds. The van der Waals surface area contributed by atoms with Gasteiger partial charge in [0.05, 0.1) is 0 Å². The highest BCUT2D eigenvalue weighted by Gasteiger charge is 2.11. The van der Waals surface area contributed by atoms with E-state index in [4.69, 9.17) is 0 Å². The summed E-state index contributed by atoms with van der Waals surface area (Å²) < 4.78 is 0. The fourth-order valence-corrected chi connectivity index (χ4v) is 2.43. The number of allylic oxidation sites excluding steroid dienone is 1. The zero-order valence-corrected chi connectivity index (χ0v) is 10.5. The third-order valence-corrected chi connectivity index (χ3v) is 3.50. The molecule has 0 unspecified atom stereocenters. The minimum absolute atomic E-state index is 0.365. The zero-order chi connectivity index (χ0) is 12.5. The Balaban J connectivity index is 2.12. The minimum Gasteiger partial charge on any atom is -0.507 e. The van der Waals surface area contributed by atoms with Crippen LogP contribution in [-0.2, 0) is 6.42 Å². The molecule has 0 aromatic heterocycles. The lowest BCUT2D eigenvalue weighted by molar-refractivity contribution is 0.477. The third-order valence-electron chi connectivity index (χ3n) is 3.50. The van der Waals surface area contributed by atoms with Crippen molar-refractivity contribution in [1.82, 2.24) is 0 Å². The van der Waals surface area contributed by atoms with Gasteiger partial charge in [0.2, 0.25) is 0 Å². The van der Waals surface area contributed by atoms with Crippen LogP contribution in [0.4, 0.5) is 0 Å². The Labute approximate surface area is 107 Å². The summed E-state index contributed by atoms with van der Waals surface area (Å²) in [4.78, 5) is 0. The van der Waals surface area contributed by atoms with Gasteiger partial charge in [-0.2, -0.15) is 0 Å². The molecule has 0 fully saturated rings. The number of phenols is 1. The van der Waals surface area contributed by atoms with Crippen molar-refractivity contribution in [3.8, 4) is 16.9 Å². The van der Waals surface area contributed by atoms with Gasteiger partial charge in [-0.05, 0) is 48.6 Å². The van der Waals surface area contributed by atoms with Gasteiger partial charge in [-0.15, -0.1) is 0 Å². The molecule has 0 heterocycles. The van der Waals surface area contributed by atoms with Crippen molar-refractivity contribution in [2.75, 3.05) is 0 Å². The van der Waals surface area contributed by atoms with E-state index < -0.39 is 0 Å². The average molecular weight is 236 g/mol. The topological polar surface area (TPSA) is 20.2 Å². The number of benzene rings is 2. The van der Waals surface area contributed by atoms with Crippen molar-refractivity contribution in [1.29, 1.82) is 0 Å². The lowest BCUT2D eigenvalue weighted by atomic mass is 9.92. The Morgan fingerprint density at radius 3 is 2.61 bits per heavy atom. The number of phenolic OH excluding ortho intramolecular Hbond substituents is 1. The van der Waals surface area contributed by atoms with Gasteiger partial charge in [0, 0.05) is 5.56 Å². The molecule has 2 aromatic rings. The molecule has 0 spiro atoms. The zero-order valence-electron chi connectivity index (χ0n) is 10.5. The number of aromatic hydroxyl groups is 1. The highest BCUT2D eigenvalue weighted by molar-refractivity contribution is 5.74. The summed E-state index contributed by atoms with van der Waals surface area (Å²) in [6, 6.07) is 12.3. The number of fused-ring (bicyclic) bond motifs is 1. The van der Waals surface area contributed by atoms with Crippen LogP contribution in [0, 0.1) is 6.92 Å². The van der Waals surface area contributed by atoms with Crippen LogP contribution in [0.1, 0.15) is 23.1 Å². The molecule has 1 aliphatic rings. The van der Waals surface area contributed by atoms with Crippen molar-refractivity contribution < 1.29 is 5.11 Å². The summed E-state index contributed by atoms with van der Waals surface area (Å²) in [7, 11) is 0. The second-order valence-corrected chi connectivity index (χ2v) is 4.88. The van der Waals surface area contributed by atoms with Crippen molar-refractivity contribution in [3.63, 3.8) is 0 Å². The largest absolute Gasteiger partial charge is 0.507 e. The number of aryl methyl sites for hydroxylation is 2. The maximum absolute atomic E-state index is 10.2. The van der Waals surface area contributed by atoms with Gasteiger partial charge in [-0.3, -0.25) is 0 Å². The molecule has 0 saturated heterocycles. The van der Waals surface area contributed by atoms with Crippen molar-refractivity contribution >= 4 is 6.08 Å². The van der Waals surface area contributed by atoms with Crippen LogP contribution in [0.25, 0.3) is 17.2 Å². The van der Waals surface area contributed by atoms with Gasteiger partial charge in [0.1, 0.15) is 5.75 Å². The minimum atomic E-state index is 0.365. The van der Waals surface area contributed by atoms with Crippen LogP contribution in [0.2, 0.25) is 0 Å². The standard InChI is InChI=1S/C17H16O/c1-12-6-8-13(9-7-12)16-10-14-4-2-3-5-15(14)11-17(16)18/h3,5-11,18H,2,4H2,1H3. The maximum atomic E-state index is 10.2. The molecule has 0 radical (unpaired) electrons. The first kappa shape index (κ1) is 11.1. The Morgan fingerprint density at radius 2 is 1.83 bits per heavy atom. The lowest BCUT2D eigenvalue weighted by Crippen LogP contribution is -1.95. The van der Waals surface area contributed by atoms with Crippen LogP contribution < -0.4 is 0 Å². The highest BCUT2D eigenvalue weighted by atomic mass is 16.3. The van der Waals surface area contributed by atoms with Crippen LogP contribution in [0.15, 0.2) is 42.5 Å². The van der Waals surface area contributed by atoms with E-state index in [1.54, 1.807) is 0 Å². The number of hydrogen-bond acceptors (Lipinski definition) is 1. The molecule has 1 N–H and O–H groups in total. The van der Waals surface area contributed by atoms with E-state index >= 15 is 0 Å². The second-order valence-electron chi connectivity index (χ2n) is 4.88. The maximum Gasteiger partial charge on any atom is 0.124 e. The second kappa shape index (κ2) is 4.34. The predicted octanol–water partition coefficient (Wildman–Crippen LogP) is 4.33. The van der Waals surface area contributed by atoms with Gasteiger partial charge >= 0.3 is 0 Å². The SMILES string of the molecule is Cc1ccc(-c2cc3c(cc2O)C=CCC3)cc1. The summed E-state index contributed by atoms with van der Waals surface area (Å²) in [6.07, 6.45) is 6.40. The van der Waals surface area contributed by atoms with Gasteiger partial charge < -0.3 is 5.11 Å². The lowest BCUT2D eigenvalue weighted by Gasteiger charge is -2.14. The molecule has 3 rings (SSSR count). The number of rotatable bonds is 1. The van der Waals surface area contributed by atoms with Crippen molar-refractivity contribution in [2.45, 2.75) is 19.8 Å². The molecule has 90 valence electrons. The Hall–Kier alpha value is -2.02. The van der Waals surface area contributed by atoms with Crippen molar-refractivity contribution in [2.24, 2.45) is 0 Å². The van der Waals surface area contributed by atoms with E-state index in [1.165, 1.54) is 11.1 Å². The van der Waals surface area contributed by atoms with E-state index in [1.807, 2.05) is 6.07 Å². The summed E-state index contributed by atoms with van der Waals surface area (Å²) in [5.74, 6) is 0.365. The Bertz CT molecular complexity index is 606. The highest BCUT2D eigenvalue weighted by Crippen LogP contribution is 2.34. The Kier molecular flexibility index (Phi) is 2.67. The quantitative estimate of drug-likeness (QED) is 0.781. The van der Waals surface area contributed by atoms with Crippen LogP contribution in [0.5, 0.6) is 5.75 Å². The monoisotopic (exact) mass is 236 g/mol. The molecule has 1 heteroatoms. The fourth-order valence-electron chi connectivity index (χ4n) is 2.43. The average Bonchev–Trinajstić information content (AvgIpc) is 2.39. The molecule has 1 aliphatic carbocycles. The van der Waals surface area contributed by atoms with Gasteiger partial charge in [0.25, 0.3) is 0 Å². The predicted molar refractivity (Wildman–Crippen MR) is 75.6 cm³/mol. The summed E-state index contributed by atoms with van der Waals surface area (Å²) in [6.45, 7) is 2.07. The van der Waals surface area contributed by atoms with E-state index in [2.05, 4.69) is 49.4 Å². The van der Waals surface area contributed by atoms with Gasteiger partial charge in [-0.1, -0.05) is 42.0 Å². The van der Waals surface area contributed by atoms with Crippen molar-refractivity contribution in [3.05, 3.63) is 59.2 Å². The van der Waals surface area contributed by atoms with E-state index in [0.29, 0.717) is 5.75 Å². The van der Waals surface area contributed by atoms with E-state index in [-0.39, 0.29) is 0 Å². The smallest absolute Gasteiger partial charge is 0.124 e. The molecule has 1 nitrogen and oxygen atoms in total. The first-order chi connectivity index (χ1) is 8.74. The molecule has 0 saturated carbocycles. The molecule has 0 bridgehead atoms. The van der Waals surface area contributed by atoms with Crippen LogP contribution >= 0.6 is 0 Å². The van der Waals surface area contributed by atoms with Crippen LogP contribution in [-0.4, -0.2) is 5.11 Å². The van der Waals surface area contributed by atoms with E-state index in [0.717, 1.165) is 29.5 Å². The summed E-state index contributed by atoms with van der Waals surface area (Å²) in [5, 5.41) is 10.2. The van der Waals surface area contributed by atoms with Gasteiger partial charge in [-0.25, -0.2) is 0 Å².